The molecule has 0 radical (unpaired) electrons. The minimum Gasteiger partial charge on any atom is -0.477 e. The average Bonchev–Trinajstić information content (AvgIpc) is 2.74. The Bertz CT molecular complexity index is 686. The van der Waals surface area contributed by atoms with Gasteiger partial charge < -0.3 is 10.1 Å². The van der Waals surface area contributed by atoms with Gasteiger partial charge in [0, 0.05) is 18.0 Å². The highest BCUT2D eigenvalue weighted by Crippen LogP contribution is 2.30. The zero-order chi connectivity index (χ0) is 13.3. The van der Waals surface area contributed by atoms with Gasteiger partial charge in [0.1, 0.15) is 5.69 Å². The largest absolute Gasteiger partial charge is 0.477 e. The van der Waals surface area contributed by atoms with E-state index in [4.69, 9.17) is 5.11 Å². The number of hydrogen-bond acceptors (Lipinski definition) is 3. The van der Waals surface area contributed by atoms with E-state index in [1.54, 1.807) is 30.3 Å². The standard InChI is InChI=1S/C12H11NO4S/c1-18(16,17)9-7-13-11(12(14)15)10(9)8-5-3-2-4-6-8/h2-7,13H,1H3,(H,14,15). The normalized spacial score (nSPS) is 11.4. The number of benzene rings is 1. The van der Waals surface area contributed by atoms with Crippen LogP contribution in [0.3, 0.4) is 0 Å². The van der Waals surface area contributed by atoms with Gasteiger partial charge >= 0.3 is 5.97 Å². The second kappa shape index (κ2) is 4.30. The minimum absolute atomic E-state index is 0.00824. The highest BCUT2D eigenvalue weighted by Gasteiger charge is 2.23. The molecule has 1 heterocycles. The van der Waals surface area contributed by atoms with E-state index < -0.39 is 15.8 Å². The molecule has 0 atom stereocenters. The maximum atomic E-state index is 11.7. The summed E-state index contributed by atoms with van der Waals surface area (Å²) in [6, 6.07) is 8.56. The minimum atomic E-state index is -3.49. The molecule has 18 heavy (non-hydrogen) atoms. The monoisotopic (exact) mass is 265 g/mol. The smallest absolute Gasteiger partial charge is 0.352 e. The van der Waals surface area contributed by atoms with Gasteiger partial charge in [-0.3, -0.25) is 0 Å². The lowest BCUT2D eigenvalue weighted by Crippen LogP contribution is -2.02. The molecular weight excluding hydrogens is 254 g/mol. The van der Waals surface area contributed by atoms with Crippen LogP contribution in [0, 0.1) is 0 Å². The molecule has 1 aromatic heterocycles. The molecule has 0 saturated carbocycles. The second-order valence-corrected chi connectivity index (χ2v) is 5.83. The van der Waals surface area contributed by atoms with E-state index >= 15 is 0 Å². The van der Waals surface area contributed by atoms with E-state index in [-0.39, 0.29) is 16.2 Å². The fourth-order valence-electron chi connectivity index (χ4n) is 1.76. The maximum Gasteiger partial charge on any atom is 0.352 e. The Labute approximate surface area is 104 Å². The van der Waals surface area contributed by atoms with Crippen molar-refractivity contribution in [1.29, 1.82) is 0 Å². The Hall–Kier alpha value is -2.08. The Morgan fingerprint density at radius 3 is 2.33 bits per heavy atom. The van der Waals surface area contributed by atoms with E-state index in [0.29, 0.717) is 5.56 Å². The van der Waals surface area contributed by atoms with Crippen molar-refractivity contribution >= 4 is 15.8 Å². The van der Waals surface area contributed by atoms with Gasteiger partial charge in [-0.1, -0.05) is 30.3 Å². The Balaban J connectivity index is 2.78. The van der Waals surface area contributed by atoms with E-state index in [9.17, 15) is 13.2 Å². The van der Waals surface area contributed by atoms with Crippen LogP contribution in [-0.2, 0) is 9.84 Å². The van der Waals surface area contributed by atoms with Crippen LogP contribution in [0.5, 0.6) is 0 Å². The summed E-state index contributed by atoms with van der Waals surface area (Å²) in [7, 11) is -3.49. The maximum absolute atomic E-state index is 11.7. The van der Waals surface area contributed by atoms with Crippen LogP contribution in [0.4, 0.5) is 0 Å². The number of aromatic carboxylic acids is 1. The van der Waals surface area contributed by atoms with Gasteiger partial charge in [-0.25, -0.2) is 13.2 Å². The topological polar surface area (TPSA) is 87.2 Å². The number of sulfone groups is 1. The summed E-state index contributed by atoms with van der Waals surface area (Å²) in [5, 5.41) is 9.08. The molecular formula is C12H11NO4S. The molecule has 0 fully saturated rings. The summed E-state index contributed by atoms with van der Waals surface area (Å²) < 4.78 is 23.3. The average molecular weight is 265 g/mol. The highest BCUT2D eigenvalue weighted by molar-refractivity contribution is 7.90. The first-order chi connectivity index (χ1) is 8.41. The van der Waals surface area contributed by atoms with Crippen LogP contribution in [0.1, 0.15) is 10.5 Å². The number of aromatic nitrogens is 1. The van der Waals surface area contributed by atoms with Gasteiger partial charge in [0.2, 0.25) is 0 Å². The molecule has 0 amide bonds. The van der Waals surface area contributed by atoms with Crippen molar-refractivity contribution in [3.05, 3.63) is 42.2 Å². The molecule has 0 aliphatic rings. The number of carbonyl (C=O) groups is 1. The van der Waals surface area contributed by atoms with Crippen molar-refractivity contribution < 1.29 is 18.3 Å². The van der Waals surface area contributed by atoms with Gasteiger partial charge in [-0.05, 0) is 5.56 Å². The van der Waals surface area contributed by atoms with Gasteiger partial charge in [-0.2, -0.15) is 0 Å². The zero-order valence-electron chi connectivity index (χ0n) is 9.54. The number of hydrogen-bond donors (Lipinski definition) is 2. The molecule has 0 saturated heterocycles. The Kier molecular flexibility index (Phi) is 2.96. The van der Waals surface area contributed by atoms with E-state index in [0.717, 1.165) is 6.26 Å². The molecule has 2 N–H and O–H groups in total. The van der Waals surface area contributed by atoms with Crippen molar-refractivity contribution in [3.8, 4) is 11.1 Å². The second-order valence-electron chi connectivity index (χ2n) is 3.85. The predicted molar refractivity (Wildman–Crippen MR) is 66.3 cm³/mol. The lowest BCUT2D eigenvalue weighted by Gasteiger charge is -2.04. The number of H-pyrrole nitrogens is 1. The summed E-state index contributed by atoms with van der Waals surface area (Å²) in [4.78, 5) is 13.6. The first-order valence-electron chi connectivity index (χ1n) is 5.11. The molecule has 0 spiro atoms. The Morgan fingerprint density at radius 2 is 1.83 bits per heavy atom. The molecule has 6 heteroatoms. The lowest BCUT2D eigenvalue weighted by molar-refractivity contribution is 0.0692. The van der Waals surface area contributed by atoms with Crippen LogP contribution in [0.25, 0.3) is 11.1 Å². The van der Waals surface area contributed by atoms with Gasteiger partial charge in [0.05, 0.1) is 4.90 Å². The molecule has 1 aromatic carbocycles. The van der Waals surface area contributed by atoms with E-state index in [1.807, 2.05) is 0 Å². The summed E-state index contributed by atoms with van der Waals surface area (Å²) in [6.45, 7) is 0. The summed E-state index contributed by atoms with van der Waals surface area (Å²) in [6.07, 6.45) is 2.26. The molecule has 5 nitrogen and oxygen atoms in total. The van der Waals surface area contributed by atoms with Gasteiger partial charge in [0.25, 0.3) is 0 Å². The fourth-order valence-corrected chi connectivity index (χ4v) is 2.62. The SMILES string of the molecule is CS(=O)(=O)c1c[nH]c(C(=O)O)c1-c1ccccc1. The zero-order valence-corrected chi connectivity index (χ0v) is 10.4. The molecule has 0 bridgehead atoms. The van der Waals surface area contributed by atoms with Gasteiger partial charge in [0.15, 0.2) is 9.84 Å². The van der Waals surface area contributed by atoms with Crippen molar-refractivity contribution in [2.75, 3.05) is 6.26 Å². The molecule has 0 aliphatic heterocycles. The van der Waals surface area contributed by atoms with Crippen LogP contribution < -0.4 is 0 Å². The highest BCUT2D eigenvalue weighted by atomic mass is 32.2. The number of carboxylic acids is 1. The first kappa shape index (κ1) is 12.4. The van der Waals surface area contributed by atoms with Crippen molar-refractivity contribution in [2.24, 2.45) is 0 Å². The third-order valence-corrected chi connectivity index (χ3v) is 3.64. The van der Waals surface area contributed by atoms with Crippen LogP contribution in [-0.4, -0.2) is 30.7 Å². The fraction of sp³-hybridized carbons (Fsp3) is 0.0833. The van der Waals surface area contributed by atoms with E-state index in [1.165, 1.54) is 6.20 Å². The summed E-state index contributed by atoms with van der Waals surface area (Å²) >= 11 is 0. The predicted octanol–water partition coefficient (Wildman–Crippen LogP) is 1.78. The van der Waals surface area contributed by atoms with Crippen molar-refractivity contribution in [1.82, 2.24) is 4.98 Å². The lowest BCUT2D eigenvalue weighted by atomic mass is 10.1. The van der Waals surface area contributed by atoms with Crippen LogP contribution >= 0.6 is 0 Å². The first-order valence-corrected chi connectivity index (χ1v) is 7.00. The van der Waals surface area contributed by atoms with Gasteiger partial charge in [-0.15, -0.1) is 0 Å². The molecule has 2 rings (SSSR count). The van der Waals surface area contributed by atoms with Crippen LogP contribution in [0.2, 0.25) is 0 Å². The number of nitrogens with one attached hydrogen (secondary N) is 1. The van der Waals surface area contributed by atoms with Crippen LogP contribution in [0.15, 0.2) is 41.4 Å². The summed E-state index contributed by atoms with van der Waals surface area (Å²) in [5.74, 6) is -1.19. The quantitative estimate of drug-likeness (QED) is 0.885. The third-order valence-electron chi connectivity index (χ3n) is 2.52. The molecule has 0 unspecified atom stereocenters. The van der Waals surface area contributed by atoms with E-state index in [2.05, 4.69) is 4.98 Å². The number of aromatic amines is 1. The van der Waals surface area contributed by atoms with Crippen molar-refractivity contribution in [3.63, 3.8) is 0 Å². The number of carboxylic acid groups (broad SMARTS) is 1. The summed E-state index contributed by atoms with van der Waals surface area (Å²) in [5.41, 5.74) is 0.629. The molecule has 94 valence electrons. The Morgan fingerprint density at radius 1 is 1.22 bits per heavy atom. The third kappa shape index (κ3) is 2.14. The number of rotatable bonds is 3. The van der Waals surface area contributed by atoms with Crippen molar-refractivity contribution in [2.45, 2.75) is 4.90 Å². The molecule has 2 aromatic rings. The molecule has 0 aliphatic carbocycles.